The summed E-state index contributed by atoms with van der Waals surface area (Å²) in [4.78, 5) is 4.59. The van der Waals surface area contributed by atoms with Crippen LogP contribution in [0.5, 0.6) is 0 Å². The molecular weight excluding hydrogens is 312 g/mol. The van der Waals surface area contributed by atoms with Crippen LogP contribution in [0.3, 0.4) is 0 Å². The topological polar surface area (TPSA) is 34.1 Å². The molecule has 5 heteroatoms. The van der Waals surface area contributed by atoms with E-state index in [-0.39, 0.29) is 0 Å². The summed E-state index contributed by atoms with van der Waals surface area (Å²) in [6.07, 6.45) is 2.23. The van der Waals surface area contributed by atoms with Crippen LogP contribution in [0.1, 0.15) is 19.8 Å². The van der Waals surface area contributed by atoms with Gasteiger partial charge in [-0.2, -0.15) is 0 Å². The first-order chi connectivity index (χ1) is 8.72. The molecule has 0 spiro atoms. The summed E-state index contributed by atoms with van der Waals surface area (Å²) in [6.45, 7) is 2.90. The predicted molar refractivity (Wildman–Crippen MR) is 81.5 cm³/mol. The van der Waals surface area contributed by atoms with E-state index in [4.69, 9.17) is 4.74 Å². The lowest BCUT2D eigenvalue weighted by atomic mass is 10.2. The lowest BCUT2D eigenvalue weighted by Gasteiger charge is -2.15. The Bertz CT molecular complexity index is 509. The number of fused-ring (bicyclic) bond motifs is 1. The van der Waals surface area contributed by atoms with E-state index < -0.39 is 0 Å². The highest BCUT2D eigenvalue weighted by molar-refractivity contribution is 9.10. The van der Waals surface area contributed by atoms with Crippen LogP contribution in [0, 0.1) is 0 Å². The summed E-state index contributed by atoms with van der Waals surface area (Å²) < 4.78 is 7.51. The second kappa shape index (κ2) is 6.50. The van der Waals surface area contributed by atoms with Gasteiger partial charge in [0.25, 0.3) is 0 Å². The van der Waals surface area contributed by atoms with Crippen molar-refractivity contribution in [3.8, 4) is 0 Å². The predicted octanol–water partition coefficient (Wildman–Crippen LogP) is 4.29. The van der Waals surface area contributed by atoms with Gasteiger partial charge in [-0.15, -0.1) is 0 Å². The second-order valence-electron chi connectivity index (χ2n) is 4.22. The van der Waals surface area contributed by atoms with Gasteiger partial charge in [-0.3, -0.25) is 0 Å². The Balaban J connectivity index is 2.14. The van der Waals surface area contributed by atoms with Gasteiger partial charge in [-0.25, -0.2) is 4.98 Å². The molecule has 18 heavy (non-hydrogen) atoms. The van der Waals surface area contributed by atoms with Gasteiger partial charge in [0.1, 0.15) is 0 Å². The van der Waals surface area contributed by atoms with Gasteiger partial charge in [-0.05, 0) is 24.6 Å². The molecule has 0 aliphatic heterocycles. The third kappa shape index (κ3) is 3.43. The molecule has 3 nitrogen and oxygen atoms in total. The fourth-order valence-corrected chi connectivity index (χ4v) is 3.38. The fourth-order valence-electron chi connectivity index (χ4n) is 1.88. The minimum absolute atomic E-state index is 0.337. The maximum absolute atomic E-state index is 5.23. The first kappa shape index (κ1) is 13.8. The molecule has 1 atom stereocenters. The number of anilines is 1. The number of hydrogen-bond acceptors (Lipinski definition) is 4. The van der Waals surface area contributed by atoms with Gasteiger partial charge in [-0.1, -0.05) is 40.6 Å². The van der Waals surface area contributed by atoms with E-state index >= 15 is 0 Å². The van der Waals surface area contributed by atoms with Gasteiger partial charge in [0.15, 0.2) is 5.13 Å². The standard InChI is InChI=1S/C13H17BrN2OS/c1-3-4-10(8-17-2)15-13-16-11-6-5-9(14)7-12(11)18-13/h5-7,10H,3-4,8H2,1-2H3,(H,15,16). The highest BCUT2D eigenvalue weighted by Gasteiger charge is 2.10. The number of aromatic nitrogens is 1. The number of ether oxygens (including phenoxy) is 1. The molecule has 0 radical (unpaired) electrons. The number of nitrogens with zero attached hydrogens (tertiary/aromatic N) is 1. The Morgan fingerprint density at radius 3 is 3.06 bits per heavy atom. The molecule has 0 amide bonds. The average Bonchev–Trinajstić information content (AvgIpc) is 2.71. The van der Waals surface area contributed by atoms with Gasteiger partial charge in [0.2, 0.25) is 0 Å². The number of nitrogens with one attached hydrogen (secondary N) is 1. The fraction of sp³-hybridized carbons (Fsp3) is 0.462. The third-order valence-electron chi connectivity index (χ3n) is 2.68. The first-order valence-corrected chi connectivity index (χ1v) is 7.65. The van der Waals surface area contributed by atoms with Crippen molar-refractivity contribution in [2.45, 2.75) is 25.8 Å². The molecule has 0 fully saturated rings. The summed E-state index contributed by atoms with van der Waals surface area (Å²) in [5.74, 6) is 0. The number of rotatable bonds is 6. The molecule has 2 rings (SSSR count). The van der Waals surface area contributed by atoms with Crippen molar-refractivity contribution in [1.29, 1.82) is 0 Å². The van der Waals surface area contributed by atoms with E-state index in [9.17, 15) is 0 Å². The van der Waals surface area contributed by atoms with Crippen LogP contribution in [0.15, 0.2) is 22.7 Å². The van der Waals surface area contributed by atoms with Gasteiger partial charge in [0, 0.05) is 11.6 Å². The normalized spacial score (nSPS) is 12.8. The van der Waals surface area contributed by atoms with Crippen LogP contribution in [0.2, 0.25) is 0 Å². The smallest absolute Gasteiger partial charge is 0.184 e. The molecule has 0 saturated heterocycles. The molecule has 1 N–H and O–H groups in total. The maximum atomic E-state index is 5.23. The number of halogens is 1. The Hall–Kier alpha value is -0.650. The highest BCUT2D eigenvalue weighted by atomic mass is 79.9. The van der Waals surface area contributed by atoms with E-state index in [0.29, 0.717) is 12.6 Å². The van der Waals surface area contributed by atoms with E-state index in [1.165, 1.54) is 4.70 Å². The summed E-state index contributed by atoms with van der Waals surface area (Å²) >= 11 is 5.16. The minimum Gasteiger partial charge on any atom is -0.383 e. The zero-order chi connectivity index (χ0) is 13.0. The summed E-state index contributed by atoms with van der Waals surface area (Å²) in [5.41, 5.74) is 1.04. The first-order valence-electron chi connectivity index (χ1n) is 6.04. The maximum Gasteiger partial charge on any atom is 0.184 e. The Kier molecular flexibility index (Phi) is 4.97. The third-order valence-corrected chi connectivity index (χ3v) is 4.13. The van der Waals surface area contributed by atoms with Crippen molar-refractivity contribution in [3.63, 3.8) is 0 Å². The van der Waals surface area contributed by atoms with Crippen LogP contribution in [-0.2, 0) is 4.74 Å². The lowest BCUT2D eigenvalue weighted by molar-refractivity contribution is 0.182. The van der Waals surface area contributed by atoms with Gasteiger partial charge >= 0.3 is 0 Å². The molecule has 0 saturated carbocycles. The second-order valence-corrected chi connectivity index (χ2v) is 6.16. The van der Waals surface area contributed by atoms with Crippen molar-refractivity contribution in [2.75, 3.05) is 19.0 Å². The van der Waals surface area contributed by atoms with Crippen LogP contribution in [0.25, 0.3) is 10.2 Å². The van der Waals surface area contributed by atoms with Crippen molar-refractivity contribution in [2.24, 2.45) is 0 Å². The number of benzene rings is 1. The molecular formula is C13H17BrN2OS. The van der Waals surface area contributed by atoms with Crippen LogP contribution >= 0.6 is 27.3 Å². The number of thiazole rings is 1. The Labute approximate surface area is 120 Å². The molecule has 1 heterocycles. The van der Waals surface area contributed by atoms with Gasteiger partial charge < -0.3 is 10.1 Å². The van der Waals surface area contributed by atoms with Crippen molar-refractivity contribution in [3.05, 3.63) is 22.7 Å². The summed E-state index contributed by atoms with van der Waals surface area (Å²) in [6, 6.07) is 6.49. The zero-order valence-electron chi connectivity index (χ0n) is 10.6. The van der Waals surface area contributed by atoms with Crippen LogP contribution < -0.4 is 5.32 Å². The molecule has 1 unspecified atom stereocenters. The Morgan fingerprint density at radius 2 is 2.33 bits per heavy atom. The van der Waals surface area contributed by atoms with Crippen molar-refractivity contribution in [1.82, 2.24) is 4.98 Å². The van der Waals surface area contributed by atoms with E-state index in [2.05, 4.69) is 39.2 Å². The van der Waals surface area contributed by atoms with E-state index in [0.717, 1.165) is 28.0 Å². The zero-order valence-corrected chi connectivity index (χ0v) is 13.0. The van der Waals surface area contributed by atoms with Crippen LogP contribution in [-0.4, -0.2) is 24.7 Å². The molecule has 0 bridgehead atoms. The lowest BCUT2D eigenvalue weighted by Crippen LogP contribution is -2.24. The molecule has 98 valence electrons. The molecule has 1 aromatic carbocycles. The van der Waals surface area contributed by atoms with Crippen molar-refractivity contribution < 1.29 is 4.74 Å². The summed E-state index contributed by atoms with van der Waals surface area (Å²) in [7, 11) is 1.74. The Morgan fingerprint density at radius 1 is 1.50 bits per heavy atom. The summed E-state index contributed by atoms with van der Waals surface area (Å²) in [5, 5.41) is 4.43. The molecule has 2 aromatic rings. The van der Waals surface area contributed by atoms with E-state index in [1.54, 1.807) is 18.4 Å². The number of methoxy groups -OCH3 is 1. The molecule has 0 aliphatic rings. The van der Waals surface area contributed by atoms with Gasteiger partial charge in [0.05, 0.1) is 22.9 Å². The van der Waals surface area contributed by atoms with Crippen molar-refractivity contribution >= 4 is 42.6 Å². The minimum atomic E-state index is 0.337. The quantitative estimate of drug-likeness (QED) is 0.859. The largest absolute Gasteiger partial charge is 0.383 e. The number of hydrogen-bond donors (Lipinski definition) is 1. The van der Waals surface area contributed by atoms with Crippen LogP contribution in [0.4, 0.5) is 5.13 Å². The molecule has 1 aromatic heterocycles. The average molecular weight is 329 g/mol. The monoisotopic (exact) mass is 328 g/mol. The SMILES string of the molecule is CCCC(COC)Nc1nc2ccc(Br)cc2s1. The highest BCUT2D eigenvalue weighted by Crippen LogP contribution is 2.29. The van der Waals surface area contributed by atoms with E-state index in [1.807, 2.05) is 12.1 Å². The molecule has 0 aliphatic carbocycles.